The van der Waals surface area contributed by atoms with E-state index in [1.165, 1.54) is 6.20 Å². The third-order valence-corrected chi connectivity index (χ3v) is 7.39. The molecule has 1 fully saturated rings. The number of ether oxygens (including phenoxy) is 1. The van der Waals surface area contributed by atoms with Crippen LogP contribution in [0.25, 0.3) is 11.1 Å². The number of nitrogens with zero attached hydrogens (tertiary/aromatic N) is 3. The highest BCUT2D eigenvalue weighted by Gasteiger charge is 2.45. The standard InChI is InChI=1S/C21H24N4O11P2/c22-14-3-1-12(2-4-14)13-5-7-23-15(9-13)10-25-17(26)6-8-24(21(25)29)20-19(28)18(27)16(35-20)11-34-37(30)36-38(31,32)33/h1-9,16,18-20,27-28,30H,10-11,22H2,(H2,31,32,33). The highest BCUT2D eigenvalue weighted by atomic mass is 31.3. The molecule has 5 unspecified atom stereocenters. The quantitative estimate of drug-likeness (QED) is 0.143. The van der Waals surface area contributed by atoms with Crippen molar-refractivity contribution in [2.45, 2.75) is 31.1 Å². The molecule has 38 heavy (non-hydrogen) atoms. The fraction of sp³-hybridized carbons (Fsp3) is 0.286. The fourth-order valence-corrected chi connectivity index (χ4v) is 4.99. The lowest BCUT2D eigenvalue weighted by molar-refractivity contribution is -0.0531. The average molecular weight is 570 g/mol. The third-order valence-electron chi connectivity index (χ3n) is 5.61. The molecule has 0 spiro atoms. The van der Waals surface area contributed by atoms with E-state index in [4.69, 9.17) is 24.8 Å². The minimum atomic E-state index is -5.03. The van der Waals surface area contributed by atoms with Gasteiger partial charge in [-0.25, -0.2) is 13.7 Å². The Morgan fingerprint density at radius 1 is 1.08 bits per heavy atom. The van der Waals surface area contributed by atoms with Crippen LogP contribution in [-0.4, -0.2) is 63.9 Å². The van der Waals surface area contributed by atoms with Crippen molar-refractivity contribution in [3.05, 3.63) is 81.4 Å². The van der Waals surface area contributed by atoms with Crippen molar-refractivity contribution in [1.29, 1.82) is 0 Å². The molecule has 1 aliphatic heterocycles. The lowest BCUT2D eigenvalue weighted by atomic mass is 10.1. The Labute approximate surface area is 215 Å². The summed E-state index contributed by atoms with van der Waals surface area (Å²) in [5.41, 5.74) is 6.87. The summed E-state index contributed by atoms with van der Waals surface area (Å²) in [6.45, 7) is -0.832. The van der Waals surface area contributed by atoms with Crippen molar-refractivity contribution >= 4 is 22.1 Å². The molecular formula is C21H24N4O11P2. The van der Waals surface area contributed by atoms with Crippen molar-refractivity contribution in [1.82, 2.24) is 14.1 Å². The second-order valence-corrected chi connectivity index (χ2v) is 10.6. The lowest BCUT2D eigenvalue weighted by Crippen LogP contribution is -2.43. The fourth-order valence-electron chi connectivity index (χ4n) is 3.80. The van der Waals surface area contributed by atoms with Crippen LogP contribution in [0.4, 0.5) is 5.69 Å². The zero-order valence-corrected chi connectivity index (χ0v) is 21.2. The van der Waals surface area contributed by atoms with Crippen molar-refractivity contribution in [3.8, 4) is 11.1 Å². The topological polar surface area (TPSA) is 229 Å². The number of aliphatic hydroxyl groups excluding tert-OH is 2. The van der Waals surface area contributed by atoms with Crippen LogP contribution in [0.1, 0.15) is 11.9 Å². The predicted molar refractivity (Wildman–Crippen MR) is 132 cm³/mol. The molecule has 5 atom stereocenters. The molecule has 0 amide bonds. The molecule has 0 bridgehead atoms. The number of nitrogens with two attached hydrogens (primary N) is 1. The van der Waals surface area contributed by atoms with Gasteiger partial charge in [0.25, 0.3) is 5.56 Å². The molecule has 0 radical (unpaired) electrons. The first-order chi connectivity index (χ1) is 17.9. The van der Waals surface area contributed by atoms with Gasteiger partial charge in [-0.15, -0.1) is 0 Å². The molecule has 204 valence electrons. The highest BCUT2D eigenvalue weighted by molar-refractivity contribution is 7.57. The van der Waals surface area contributed by atoms with E-state index in [1.807, 2.05) is 12.1 Å². The zero-order valence-electron chi connectivity index (χ0n) is 19.4. The minimum Gasteiger partial charge on any atom is -0.399 e. The van der Waals surface area contributed by atoms with Gasteiger partial charge in [-0.2, -0.15) is 0 Å². The van der Waals surface area contributed by atoms with E-state index in [-0.39, 0.29) is 6.54 Å². The summed E-state index contributed by atoms with van der Waals surface area (Å²) in [6.07, 6.45) is -3.38. The summed E-state index contributed by atoms with van der Waals surface area (Å²) in [5.74, 6) is 0. The monoisotopic (exact) mass is 570 g/mol. The molecule has 3 heterocycles. The third kappa shape index (κ3) is 6.60. The van der Waals surface area contributed by atoms with Gasteiger partial charge in [-0.3, -0.25) is 18.9 Å². The summed E-state index contributed by atoms with van der Waals surface area (Å²) < 4.78 is 26.8. The van der Waals surface area contributed by atoms with Crippen LogP contribution >= 0.6 is 16.4 Å². The van der Waals surface area contributed by atoms with Gasteiger partial charge in [0.1, 0.15) is 18.3 Å². The number of rotatable bonds is 9. The number of nitrogen functional groups attached to an aromatic ring is 1. The zero-order chi connectivity index (χ0) is 27.6. The number of phosphoric acid groups is 1. The first-order valence-electron chi connectivity index (χ1n) is 10.9. The Kier molecular flexibility index (Phi) is 8.55. The van der Waals surface area contributed by atoms with Gasteiger partial charge < -0.3 is 39.9 Å². The van der Waals surface area contributed by atoms with Gasteiger partial charge in [0.05, 0.1) is 18.8 Å². The number of pyridine rings is 1. The molecule has 7 N–H and O–H groups in total. The highest BCUT2D eigenvalue weighted by Crippen LogP contribution is 2.52. The maximum Gasteiger partial charge on any atom is 0.476 e. The molecule has 0 aliphatic carbocycles. The predicted octanol–water partition coefficient (Wildman–Crippen LogP) is -0.333. The van der Waals surface area contributed by atoms with E-state index >= 15 is 0 Å². The van der Waals surface area contributed by atoms with Gasteiger partial charge in [-0.05, 0) is 35.4 Å². The number of aromatic nitrogens is 3. The van der Waals surface area contributed by atoms with Crippen LogP contribution in [0.15, 0.2) is 64.4 Å². The van der Waals surface area contributed by atoms with Crippen molar-refractivity contribution in [2.75, 3.05) is 12.3 Å². The largest absolute Gasteiger partial charge is 0.476 e. The minimum absolute atomic E-state index is 0.201. The van der Waals surface area contributed by atoms with Crippen LogP contribution in [0.3, 0.4) is 0 Å². The number of anilines is 1. The number of benzene rings is 1. The van der Waals surface area contributed by atoms with E-state index in [2.05, 4.69) is 9.29 Å². The summed E-state index contributed by atoms with van der Waals surface area (Å²) in [6, 6.07) is 11.7. The molecule has 4 rings (SSSR count). The van der Waals surface area contributed by atoms with Gasteiger partial charge in [0.15, 0.2) is 6.23 Å². The van der Waals surface area contributed by atoms with Gasteiger partial charge >= 0.3 is 22.1 Å². The van der Waals surface area contributed by atoms with Crippen LogP contribution < -0.4 is 17.0 Å². The van der Waals surface area contributed by atoms with Crippen LogP contribution in [0.2, 0.25) is 0 Å². The Morgan fingerprint density at radius 3 is 2.47 bits per heavy atom. The van der Waals surface area contributed by atoms with Gasteiger partial charge in [0.2, 0.25) is 0 Å². The molecule has 1 aliphatic rings. The van der Waals surface area contributed by atoms with Crippen LogP contribution in [0, 0.1) is 0 Å². The van der Waals surface area contributed by atoms with E-state index in [1.54, 1.807) is 24.3 Å². The van der Waals surface area contributed by atoms with Gasteiger partial charge in [-0.1, -0.05) is 12.1 Å². The maximum atomic E-state index is 13.2. The number of aliphatic hydroxyl groups is 2. The Hall–Kier alpha value is -2.81. The first-order valence-corrected chi connectivity index (χ1v) is 13.6. The first kappa shape index (κ1) is 28.2. The van der Waals surface area contributed by atoms with Crippen molar-refractivity contribution in [2.24, 2.45) is 0 Å². The second-order valence-electron chi connectivity index (χ2n) is 8.24. The summed E-state index contributed by atoms with van der Waals surface area (Å²) in [7, 11) is -8.04. The molecule has 1 saturated heterocycles. The maximum absolute atomic E-state index is 13.2. The number of hydrogen-bond donors (Lipinski definition) is 6. The van der Waals surface area contributed by atoms with Gasteiger partial charge in [0, 0.05) is 24.1 Å². The Morgan fingerprint density at radius 2 is 1.79 bits per heavy atom. The molecular weight excluding hydrogens is 546 g/mol. The summed E-state index contributed by atoms with van der Waals surface area (Å²) in [5, 5.41) is 20.8. The van der Waals surface area contributed by atoms with Crippen LogP contribution in [-0.2, 0) is 24.7 Å². The van der Waals surface area contributed by atoms with E-state index in [0.29, 0.717) is 11.4 Å². The van der Waals surface area contributed by atoms with E-state index < -0.39 is 58.8 Å². The molecule has 3 aromatic rings. The molecule has 15 nitrogen and oxygen atoms in total. The number of hydrogen-bond acceptors (Lipinski definition) is 11. The lowest BCUT2D eigenvalue weighted by Gasteiger charge is -2.19. The molecule has 17 heteroatoms. The SMILES string of the molecule is Nc1ccc(-c2ccnc(Cn3c(=O)ccn(C4OC(COP(O)OP(=O)(O)O)C(O)C4O)c3=O)c2)cc1. The molecule has 1 aromatic carbocycles. The Bertz CT molecular complexity index is 1440. The molecule has 0 saturated carbocycles. The normalized spacial score (nSPS) is 22.4. The Balaban J connectivity index is 1.53. The molecule has 2 aromatic heterocycles. The van der Waals surface area contributed by atoms with Crippen molar-refractivity contribution in [3.63, 3.8) is 0 Å². The smallest absolute Gasteiger partial charge is 0.399 e. The van der Waals surface area contributed by atoms with E-state index in [9.17, 15) is 29.3 Å². The second kappa shape index (κ2) is 11.5. The van der Waals surface area contributed by atoms with E-state index in [0.717, 1.165) is 32.5 Å². The van der Waals surface area contributed by atoms with Crippen LogP contribution in [0.5, 0.6) is 0 Å². The average Bonchev–Trinajstić information content (AvgIpc) is 3.13. The summed E-state index contributed by atoms with van der Waals surface area (Å²) in [4.78, 5) is 56.8. The van der Waals surface area contributed by atoms with Crippen molar-refractivity contribution < 1.29 is 43.0 Å². The summed E-state index contributed by atoms with van der Waals surface area (Å²) >= 11 is 0.